The summed E-state index contributed by atoms with van der Waals surface area (Å²) in [7, 11) is 0. The Morgan fingerprint density at radius 1 is 1.23 bits per heavy atom. The van der Waals surface area contributed by atoms with Crippen LogP contribution in [0.4, 0.5) is 0 Å². The smallest absolute Gasteiger partial charge is 0.227 e. The molecule has 3 rings (SSSR count). The second-order valence-electron chi connectivity index (χ2n) is 8.43. The summed E-state index contributed by atoms with van der Waals surface area (Å²) in [5.41, 5.74) is 2.49. The summed E-state index contributed by atoms with van der Waals surface area (Å²) < 4.78 is 1.93. The quantitative estimate of drug-likeness (QED) is 0.842. The molecule has 0 aliphatic carbocycles. The fraction of sp³-hybridized carbons (Fsp3) is 0.600. The Morgan fingerprint density at radius 2 is 1.96 bits per heavy atom. The van der Waals surface area contributed by atoms with E-state index >= 15 is 0 Å². The highest BCUT2D eigenvalue weighted by Gasteiger charge is 2.33. The largest absolute Gasteiger partial charge is 0.342 e. The molecule has 1 aliphatic rings. The number of hydrogen-bond acceptors (Lipinski definition) is 4. The van der Waals surface area contributed by atoms with Crippen LogP contribution in [0.3, 0.4) is 0 Å². The zero-order valence-corrected chi connectivity index (χ0v) is 16.4. The van der Waals surface area contributed by atoms with Crippen molar-refractivity contribution in [1.29, 1.82) is 0 Å². The fourth-order valence-corrected chi connectivity index (χ4v) is 3.47. The maximum absolute atomic E-state index is 12.7. The molecule has 26 heavy (non-hydrogen) atoms. The molecule has 1 aliphatic heterocycles. The van der Waals surface area contributed by atoms with Gasteiger partial charge in [-0.3, -0.25) is 19.4 Å². The Balaban J connectivity index is 1.88. The highest BCUT2D eigenvalue weighted by molar-refractivity contribution is 5.81. The average molecular weight is 355 g/mol. The van der Waals surface area contributed by atoms with Crippen molar-refractivity contribution in [2.75, 3.05) is 13.1 Å². The van der Waals surface area contributed by atoms with Crippen molar-refractivity contribution in [1.82, 2.24) is 24.6 Å². The Morgan fingerprint density at radius 3 is 2.62 bits per heavy atom. The van der Waals surface area contributed by atoms with Gasteiger partial charge in [0.05, 0.1) is 17.6 Å². The maximum atomic E-state index is 12.7. The third-order valence-electron chi connectivity index (χ3n) is 4.87. The lowest BCUT2D eigenvalue weighted by molar-refractivity contribution is -0.140. The summed E-state index contributed by atoms with van der Waals surface area (Å²) in [4.78, 5) is 23.9. The monoisotopic (exact) mass is 355 g/mol. The Kier molecular flexibility index (Phi) is 5.12. The number of rotatable bonds is 3. The molecule has 0 saturated carbocycles. The van der Waals surface area contributed by atoms with E-state index in [4.69, 9.17) is 0 Å². The highest BCUT2D eigenvalue weighted by atomic mass is 16.2. The first kappa shape index (κ1) is 18.5. The number of amides is 1. The molecule has 1 atom stereocenters. The molecular weight excluding hydrogens is 326 g/mol. The predicted octanol–water partition coefficient (Wildman–Crippen LogP) is 3.67. The Hall–Kier alpha value is -2.24. The molecule has 2 aromatic rings. The lowest BCUT2D eigenvalue weighted by atomic mass is 9.88. The van der Waals surface area contributed by atoms with Gasteiger partial charge in [0.2, 0.25) is 5.91 Å². The summed E-state index contributed by atoms with van der Waals surface area (Å²) in [6, 6.07) is 0.304. The molecule has 0 aromatic carbocycles. The Labute approximate surface area is 155 Å². The van der Waals surface area contributed by atoms with E-state index in [2.05, 4.69) is 28.9 Å². The fourth-order valence-electron chi connectivity index (χ4n) is 3.47. The van der Waals surface area contributed by atoms with Crippen LogP contribution in [0, 0.1) is 5.41 Å². The average Bonchev–Trinajstić information content (AvgIpc) is 3.11. The first-order valence-corrected chi connectivity index (χ1v) is 9.42. The molecule has 0 spiro atoms. The van der Waals surface area contributed by atoms with Crippen LogP contribution in [-0.4, -0.2) is 43.6 Å². The predicted molar refractivity (Wildman–Crippen MR) is 102 cm³/mol. The number of hydrogen-bond donors (Lipinski definition) is 0. The van der Waals surface area contributed by atoms with Crippen LogP contribution >= 0.6 is 0 Å². The van der Waals surface area contributed by atoms with Gasteiger partial charge >= 0.3 is 0 Å². The van der Waals surface area contributed by atoms with E-state index in [-0.39, 0.29) is 17.2 Å². The number of nitrogens with zero attached hydrogens (tertiary/aromatic N) is 5. The van der Waals surface area contributed by atoms with Gasteiger partial charge in [-0.2, -0.15) is 5.10 Å². The lowest BCUT2D eigenvalue weighted by Crippen LogP contribution is -2.44. The molecule has 6 heteroatoms. The number of carbonyl (C=O) groups is 1. The van der Waals surface area contributed by atoms with Gasteiger partial charge in [0.25, 0.3) is 0 Å². The zero-order chi connectivity index (χ0) is 18.9. The van der Waals surface area contributed by atoms with Crippen LogP contribution in [0.15, 0.2) is 24.8 Å². The SMILES string of the molecule is CC(C)n1cc(-c2nccnc2[C@H]2CCCN(C(=O)C(C)(C)C)C2)cn1. The second-order valence-corrected chi connectivity index (χ2v) is 8.43. The van der Waals surface area contributed by atoms with Crippen LogP contribution < -0.4 is 0 Å². The molecule has 1 amide bonds. The van der Waals surface area contributed by atoms with Gasteiger partial charge in [0, 0.05) is 54.6 Å². The van der Waals surface area contributed by atoms with E-state index < -0.39 is 0 Å². The first-order chi connectivity index (χ1) is 12.3. The first-order valence-electron chi connectivity index (χ1n) is 9.42. The van der Waals surface area contributed by atoms with E-state index in [1.165, 1.54) is 0 Å². The van der Waals surface area contributed by atoms with E-state index in [1.807, 2.05) is 42.7 Å². The van der Waals surface area contributed by atoms with E-state index in [0.29, 0.717) is 12.6 Å². The molecule has 1 saturated heterocycles. The summed E-state index contributed by atoms with van der Waals surface area (Å²) >= 11 is 0. The molecule has 6 nitrogen and oxygen atoms in total. The maximum Gasteiger partial charge on any atom is 0.227 e. The summed E-state index contributed by atoms with van der Waals surface area (Å²) in [5.74, 6) is 0.418. The lowest BCUT2D eigenvalue weighted by Gasteiger charge is -2.36. The van der Waals surface area contributed by atoms with Gasteiger partial charge in [0.1, 0.15) is 0 Å². The third kappa shape index (κ3) is 3.79. The molecule has 1 fully saturated rings. The topological polar surface area (TPSA) is 63.9 Å². The van der Waals surface area contributed by atoms with Gasteiger partial charge in [-0.05, 0) is 26.7 Å². The molecule has 0 unspecified atom stereocenters. The van der Waals surface area contributed by atoms with E-state index in [1.54, 1.807) is 12.4 Å². The minimum absolute atomic E-state index is 0.209. The van der Waals surface area contributed by atoms with E-state index in [0.717, 1.165) is 36.3 Å². The highest BCUT2D eigenvalue weighted by Crippen LogP contribution is 2.33. The summed E-state index contributed by atoms with van der Waals surface area (Å²) in [6.07, 6.45) is 9.38. The zero-order valence-electron chi connectivity index (χ0n) is 16.4. The van der Waals surface area contributed by atoms with Crippen LogP contribution in [0.1, 0.15) is 65.1 Å². The Bertz CT molecular complexity index is 775. The van der Waals surface area contributed by atoms with E-state index in [9.17, 15) is 4.79 Å². The van der Waals surface area contributed by atoms with Gasteiger partial charge < -0.3 is 4.90 Å². The number of piperidine rings is 1. The van der Waals surface area contributed by atoms with Crippen LogP contribution in [0.5, 0.6) is 0 Å². The third-order valence-corrected chi connectivity index (χ3v) is 4.87. The molecule has 0 N–H and O–H groups in total. The van der Waals surface area contributed by atoms with Crippen molar-refractivity contribution in [3.05, 3.63) is 30.5 Å². The molecule has 2 aromatic heterocycles. The van der Waals surface area contributed by atoms with Crippen molar-refractivity contribution in [3.63, 3.8) is 0 Å². The molecule has 140 valence electrons. The summed E-state index contributed by atoms with van der Waals surface area (Å²) in [6.45, 7) is 11.7. The van der Waals surface area contributed by atoms with Gasteiger partial charge in [0.15, 0.2) is 0 Å². The van der Waals surface area contributed by atoms with Crippen molar-refractivity contribution in [2.45, 2.75) is 59.4 Å². The van der Waals surface area contributed by atoms with Gasteiger partial charge in [-0.15, -0.1) is 0 Å². The number of carbonyl (C=O) groups excluding carboxylic acids is 1. The number of likely N-dealkylation sites (tertiary alicyclic amines) is 1. The molecule has 0 bridgehead atoms. The van der Waals surface area contributed by atoms with Crippen LogP contribution in [0.2, 0.25) is 0 Å². The van der Waals surface area contributed by atoms with Crippen LogP contribution in [-0.2, 0) is 4.79 Å². The van der Waals surface area contributed by atoms with Crippen molar-refractivity contribution in [2.24, 2.45) is 5.41 Å². The molecule has 3 heterocycles. The van der Waals surface area contributed by atoms with Gasteiger partial charge in [-0.1, -0.05) is 20.8 Å². The molecule has 0 radical (unpaired) electrons. The second kappa shape index (κ2) is 7.17. The van der Waals surface area contributed by atoms with Crippen molar-refractivity contribution < 1.29 is 4.79 Å². The minimum atomic E-state index is -0.356. The molecular formula is C20H29N5O. The van der Waals surface area contributed by atoms with Crippen molar-refractivity contribution >= 4 is 5.91 Å². The minimum Gasteiger partial charge on any atom is -0.342 e. The van der Waals surface area contributed by atoms with Crippen LogP contribution in [0.25, 0.3) is 11.3 Å². The van der Waals surface area contributed by atoms with Crippen molar-refractivity contribution in [3.8, 4) is 11.3 Å². The normalized spacial score (nSPS) is 18.4. The standard InChI is InChI=1S/C20H29N5O/c1-14(2)25-13-16(11-23-25)18-17(21-8-9-22-18)15-7-6-10-24(12-15)19(26)20(3,4)5/h8-9,11,13-15H,6-7,10,12H2,1-5H3/t15-/m0/s1. The number of aromatic nitrogens is 4. The summed E-state index contributed by atoms with van der Waals surface area (Å²) in [5, 5.41) is 4.44. The van der Waals surface area contributed by atoms with Gasteiger partial charge in [-0.25, -0.2) is 0 Å².